The van der Waals surface area contributed by atoms with E-state index in [-0.39, 0.29) is 0 Å². The lowest BCUT2D eigenvalue weighted by Crippen LogP contribution is -2.30. The fraction of sp³-hybridized carbons (Fsp3) is 0.579. The molecule has 114 valence electrons. The number of benzene rings is 1. The van der Waals surface area contributed by atoms with Crippen LogP contribution in [-0.2, 0) is 0 Å². The zero-order valence-corrected chi connectivity index (χ0v) is 13.3. The summed E-state index contributed by atoms with van der Waals surface area (Å²) in [5, 5.41) is 4.97. The van der Waals surface area contributed by atoms with Gasteiger partial charge in [-0.2, -0.15) is 0 Å². The molecule has 0 bridgehead atoms. The summed E-state index contributed by atoms with van der Waals surface area (Å²) in [5.41, 5.74) is 2.32. The number of rotatable bonds is 4. The molecule has 2 aromatic rings. The van der Waals surface area contributed by atoms with Gasteiger partial charge in [0.15, 0.2) is 0 Å². The molecule has 1 aromatic heterocycles. The first kappa shape index (κ1) is 14.6. The maximum absolute atomic E-state index is 6.22. The summed E-state index contributed by atoms with van der Waals surface area (Å²) in [6.07, 6.45) is 7.69. The van der Waals surface area contributed by atoms with Crippen LogP contribution in [0.3, 0.4) is 0 Å². The first-order valence-electron chi connectivity index (χ1n) is 8.50. The normalized spacial score (nSPS) is 23.3. The molecule has 0 radical (unpaired) electrons. The van der Waals surface area contributed by atoms with Crippen LogP contribution in [0.5, 0.6) is 0 Å². The zero-order chi connectivity index (χ0) is 14.7. The molecule has 2 heteroatoms. The Balaban J connectivity index is 1.80. The van der Waals surface area contributed by atoms with E-state index in [0.29, 0.717) is 12.0 Å². The Kier molecular flexibility index (Phi) is 4.64. The van der Waals surface area contributed by atoms with E-state index in [0.717, 1.165) is 12.1 Å². The molecule has 1 aliphatic rings. The fourth-order valence-corrected chi connectivity index (χ4v) is 3.58. The van der Waals surface area contributed by atoms with E-state index in [1.807, 2.05) is 0 Å². The molecule has 0 aliphatic heterocycles. The van der Waals surface area contributed by atoms with Crippen molar-refractivity contribution < 1.29 is 4.42 Å². The van der Waals surface area contributed by atoms with Crippen molar-refractivity contribution in [1.29, 1.82) is 0 Å². The molecule has 0 amide bonds. The monoisotopic (exact) mass is 285 g/mol. The van der Waals surface area contributed by atoms with E-state index in [2.05, 4.69) is 43.4 Å². The van der Waals surface area contributed by atoms with E-state index in [9.17, 15) is 0 Å². The van der Waals surface area contributed by atoms with Crippen LogP contribution >= 0.6 is 0 Å². The molecule has 1 saturated carbocycles. The lowest BCUT2D eigenvalue weighted by molar-refractivity contribution is 0.402. The fourth-order valence-electron chi connectivity index (χ4n) is 3.58. The largest absolute Gasteiger partial charge is 0.461 e. The molecule has 1 aliphatic carbocycles. The summed E-state index contributed by atoms with van der Waals surface area (Å²) in [5.74, 6) is 1.78. The van der Waals surface area contributed by atoms with Gasteiger partial charge >= 0.3 is 0 Å². The first-order valence-corrected chi connectivity index (χ1v) is 8.50. The first-order chi connectivity index (χ1) is 10.3. The molecule has 2 atom stereocenters. The Morgan fingerprint density at radius 3 is 2.90 bits per heavy atom. The molecule has 0 saturated heterocycles. The van der Waals surface area contributed by atoms with Gasteiger partial charge in [-0.1, -0.05) is 38.0 Å². The molecule has 1 fully saturated rings. The van der Waals surface area contributed by atoms with Gasteiger partial charge in [0, 0.05) is 17.3 Å². The minimum atomic E-state index is 0.577. The molecular formula is C19H27NO. The van der Waals surface area contributed by atoms with Crippen molar-refractivity contribution in [2.45, 2.75) is 64.3 Å². The molecule has 1 N–H and O–H groups in total. The van der Waals surface area contributed by atoms with Gasteiger partial charge in [-0.25, -0.2) is 0 Å². The van der Waals surface area contributed by atoms with E-state index >= 15 is 0 Å². The Labute approximate surface area is 127 Å². The number of para-hydroxylation sites is 1. The minimum absolute atomic E-state index is 0.577. The minimum Gasteiger partial charge on any atom is -0.461 e. The highest BCUT2D eigenvalue weighted by Gasteiger charge is 2.24. The van der Waals surface area contributed by atoms with Crippen molar-refractivity contribution in [3.05, 3.63) is 35.6 Å². The van der Waals surface area contributed by atoms with Crippen molar-refractivity contribution in [3.63, 3.8) is 0 Å². The highest BCUT2D eigenvalue weighted by molar-refractivity contribution is 5.81. The van der Waals surface area contributed by atoms with Crippen LogP contribution in [0.2, 0.25) is 0 Å². The second kappa shape index (κ2) is 6.65. The van der Waals surface area contributed by atoms with Crippen LogP contribution in [0.1, 0.15) is 62.7 Å². The van der Waals surface area contributed by atoms with Gasteiger partial charge in [-0.05, 0) is 50.8 Å². The topological polar surface area (TPSA) is 25.2 Å². The Morgan fingerprint density at radius 2 is 2.10 bits per heavy atom. The molecular weight excluding hydrogens is 258 g/mol. The van der Waals surface area contributed by atoms with E-state index in [4.69, 9.17) is 4.42 Å². The maximum atomic E-state index is 6.22. The van der Waals surface area contributed by atoms with Crippen LogP contribution in [0.4, 0.5) is 0 Å². The van der Waals surface area contributed by atoms with Crippen LogP contribution in [-0.4, -0.2) is 12.6 Å². The third kappa shape index (κ3) is 3.32. The highest BCUT2D eigenvalue weighted by atomic mass is 16.3. The summed E-state index contributed by atoms with van der Waals surface area (Å²) < 4.78 is 6.22. The average molecular weight is 285 g/mol. The standard InChI is InChI=1S/C19H27NO/c1-3-11-20-17-10-5-4-8-15(12-17)18-13-16-9-6-7-14(2)19(16)21-18/h6-7,9,13,15,17,20H,3-5,8,10-12H2,1-2H3. The number of hydrogen-bond donors (Lipinski definition) is 1. The van der Waals surface area contributed by atoms with Crippen molar-refractivity contribution in [2.75, 3.05) is 6.54 Å². The van der Waals surface area contributed by atoms with Crippen molar-refractivity contribution in [2.24, 2.45) is 0 Å². The summed E-state index contributed by atoms with van der Waals surface area (Å²) in [6.45, 7) is 5.51. The SMILES string of the molecule is CCCNC1CCCCC(c2cc3cccc(C)c3o2)C1. The highest BCUT2D eigenvalue weighted by Crippen LogP contribution is 2.35. The van der Waals surface area contributed by atoms with E-state index < -0.39 is 0 Å². The van der Waals surface area contributed by atoms with Crippen LogP contribution in [0.15, 0.2) is 28.7 Å². The predicted octanol–water partition coefficient (Wildman–Crippen LogP) is 5.16. The summed E-state index contributed by atoms with van der Waals surface area (Å²) in [7, 11) is 0. The number of hydrogen-bond acceptors (Lipinski definition) is 2. The van der Waals surface area contributed by atoms with Crippen LogP contribution in [0, 0.1) is 6.92 Å². The summed E-state index contributed by atoms with van der Waals surface area (Å²) >= 11 is 0. The van der Waals surface area contributed by atoms with Gasteiger partial charge in [0.05, 0.1) is 0 Å². The zero-order valence-electron chi connectivity index (χ0n) is 13.3. The number of furan rings is 1. The van der Waals surface area contributed by atoms with E-state index in [1.165, 1.54) is 55.2 Å². The lowest BCUT2D eigenvalue weighted by Gasteiger charge is -2.19. The van der Waals surface area contributed by atoms with Crippen LogP contribution < -0.4 is 5.32 Å². The summed E-state index contributed by atoms with van der Waals surface area (Å²) in [4.78, 5) is 0. The van der Waals surface area contributed by atoms with Gasteiger partial charge in [0.1, 0.15) is 11.3 Å². The lowest BCUT2D eigenvalue weighted by atomic mass is 9.95. The molecule has 2 unspecified atom stereocenters. The number of fused-ring (bicyclic) bond motifs is 1. The Morgan fingerprint density at radius 1 is 1.24 bits per heavy atom. The Hall–Kier alpha value is -1.28. The second-order valence-corrected chi connectivity index (χ2v) is 6.51. The number of nitrogens with one attached hydrogen (secondary N) is 1. The molecule has 0 spiro atoms. The van der Waals surface area contributed by atoms with Crippen LogP contribution in [0.25, 0.3) is 11.0 Å². The predicted molar refractivity (Wildman–Crippen MR) is 88.9 cm³/mol. The smallest absolute Gasteiger partial charge is 0.137 e. The van der Waals surface area contributed by atoms with Crippen molar-refractivity contribution in [1.82, 2.24) is 5.32 Å². The van der Waals surface area contributed by atoms with Gasteiger partial charge < -0.3 is 9.73 Å². The molecule has 2 nitrogen and oxygen atoms in total. The third-order valence-electron chi connectivity index (χ3n) is 4.77. The maximum Gasteiger partial charge on any atom is 0.137 e. The third-order valence-corrected chi connectivity index (χ3v) is 4.77. The summed E-state index contributed by atoms with van der Waals surface area (Å²) in [6, 6.07) is 9.35. The molecule has 1 aromatic carbocycles. The van der Waals surface area contributed by atoms with E-state index in [1.54, 1.807) is 0 Å². The molecule has 3 rings (SSSR count). The van der Waals surface area contributed by atoms with Crippen molar-refractivity contribution in [3.8, 4) is 0 Å². The van der Waals surface area contributed by atoms with Gasteiger partial charge in [-0.3, -0.25) is 0 Å². The molecule has 21 heavy (non-hydrogen) atoms. The quantitative estimate of drug-likeness (QED) is 0.785. The Bertz CT molecular complexity index is 586. The van der Waals surface area contributed by atoms with Gasteiger partial charge in [0.25, 0.3) is 0 Å². The van der Waals surface area contributed by atoms with Gasteiger partial charge in [0.2, 0.25) is 0 Å². The number of aryl methyl sites for hydroxylation is 1. The average Bonchev–Trinajstić information content (AvgIpc) is 2.79. The molecule has 1 heterocycles. The second-order valence-electron chi connectivity index (χ2n) is 6.51. The van der Waals surface area contributed by atoms with Crippen molar-refractivity contribution >= 4 is 11.0 Å². The van der Waals surface area contributed by atoms with Gasteiger partial charge in [-0.15, -0.1) is 0 Å².